The molecule has 2 aromatic carbocycles. The smallest absolute Gasteiger partial charge is 0.339 e. The standard InChI is InChI=1S/C19H11F4NO4S/c1-7-2-3-8(16(23)15(7)22)17-14(19(27)28)12(6-29-17)24-18(26)9-4-10(20)11(21)5-13(9)25/h2-6,25H,1H3,(H,24,26)(H,27,28). The lowest BCUT2D eigenvalue weighted by atomic mass is 10.1. The molecule has 5 nitrogen and oxygen atoms in total. The number of carbonyl (C=O) groups is 2. The third-order valence-electron chi connectivity index (χ3n) is 4.06. The van der Waals surface area contributed by atoms with Crippen molar-refractivity contribution in [3.63, 3.8) is 0 Å². The van der Waals surface area contributed by atoms with Crippen LogP contribution in [0.2, 0.25) is 0 Å². The van der Waals surface area contributed by atoms with E-state index in [0.29, 0.717) is 12.1 Å². The van der Waals surface area contributed by atoms with Crippen molar-refractivity contribution in [1.82, 2.24) is 0 Å². The van der Waals surface area contributed by atoms with Crippen molar-refractivity contribution in [3.8, 4) is 16.2 Å². The number of carboxylic acid groups (broad SMARTS) is 1. The molecule has 150 valence electrons. The maximum Gasteiger partial charge on any atom is 0.339 e. The third kappa shape index (κ3) is 3.66. The number of hydrogen-bond donors (Lipinski definition) is 3. The third-order valence-corrected chi connectivity index (χ3v) is 5.07. The quantitative estimate of drug-likeness (QED) is 0.517. The average molecular weight is 425 g/mol. The van der Waals surface area contributed by atoms with Crippen molar-refractivity contribution in [2.45, 2.75) is 6.92 Å². The fourth-order valence-corrected chi connectivity index (χ4v) is 3.60. The largest absolute Gasteiger partial charge is 0.507 e. The first-order valence-corrected chi connectivity index (χ1v) is 8.78. The second kappa shape index (κ2) is 7.55. The number of hydrogen-bond acceptors (Lipinski definition) is 4. The van der Waals surface area contributed by atoms with Gasteiger partial charge in [0.25, 0.3) is 5.91 Å². The zero-order chi connectivity index (χ0) is 21.5. The lowest BCUT2D eigenvalue weighted by molar-refractivity contribution is 0.0699. The van der Waals surface area contributed by atoms with Crippen LogP contribution in [0.25, 0.3) is 10.4 Å². The molecular weight excluding hydrogens is 414 g/mol. The Morgan fingerprint density at radius 1 is 1.03 bits per heavy atom. The average Bonchev–Trinajstić information content (AvgIpc) is 3.06. The molecule has 0 saturated carbocycles. The van der Waals surface area contributed by atoms with Gasteiger partial charge in [0.05, 0.1) is 16.1 Å². The lowest BCUT2D eigenvalue weighted by Gasteiger charge is -2.09. The predicted octanol–water partition coefficient (Wildman–Crippen LogP) is 4.94. The van der Waals surface area contributed by atoms with E-state index in [-0.39, 0.29) is 21.7 Å². The number of nitrogens with one attached hydrogen (secondary N) is 1. The Hall–Kier alpha value is -3.40. The molecule has 3 N–H and O–H groups in total. The van der Waals surface area contributed by atoms with E-state index in [0.717, 1.165) is 11.3 Å². The van der Waals surface area contributed by atoms with Gasteiger partial charge in [0.1, 0.15) is 11.3 Å². The van der Waals surface area contributed by atoms with E-state index in [1.54, 1.807) is 0 Å². The van der Waals surface area contributed by atoms with Crippen LogP contribution in [0.5, 0.6) is 5.75 Å². The normalized spacial score (nSPS) is 10.8. The molecule has 0 radical (unpaired) electrons. The van der Waals surface area contributed by atoms with Gasteiger partial charge in [-0.05, 0) is 18.6 Å². The van der Waals surface area contributed by atoms with E-state index in [4.69, 9.17) is 0 Å². The van der Waals surface area contributed by atoms with Crippen LogP contribution in [0.1, 0.15) is 26.3 Å². The van der Waals surface area contributed by atoms with E-state index in [1.807, 2.05) is 0 Å². The number of thiophene rings is 1. The van der Waals surface area contributed by atoms with Crippen LogP contribution in [-0.2, 0) is 0 Å². The number of benzene rings is 2. The lowest BCUT2D eigenvalue weighted by Crippen LogP contribution is -2.15. The molecule has 1 heterocycles. The molecule has 29 heavy (non-hydrogen) atoms. The van der Waals surface area contributed by atoms with Gasteiger partial charge in [-0.1, -0.05) is 12.1 Å². The summed E-state index contributed by atoms with van der Waals surface area (Å²) in [5.74, 6) is -8.67. The number of phenolic OH excluding ortho intramolecular Hbond substituents is 1. The zero-order valence-electron chi connectivity index (χ0n) is 14.5. The SMILES string of the molecule is Cc1ccc(-c2scc(NC(=O)c3cc(F)c(F)cc3O)c2C(=O)O)c(F)c1F. The van der Waals surface area contributed by atoms with E-state index in [9.17, 15) is 37.4 Å². The van der Waals surface area contributed by atoms with Crippen molar-refractivity contribution in [3.05, 3.63) is 69.6 Å². The van der Waals surface area contributed by atoms with Gasteiger partial charge in [-0.2, -0.15) is 0 Å². The number of halogens is 4. The molecule has 0 spiro atoms. The molecule has 3 rings (SSSR count). The highest BCUT2D eigenvalue weighted by atomic mass is 32.1. The number of aryl methyl sites for hydroxylation is 1. The summed E-state index contributed by atoms with van der Waals surface area (Å²) in [6.07, 6.45) is 0. The number of rotatable bonds is 4. The Morgan fingerprint density at radius 2 is 1.69 bits per heavy atom. The molecule has 0 fully saturated rings. The molecule has 0 bridgehead atoms. The van der Waals surface area contributed by atoms with Crippen LogP contribution in [0, 0.1) is 30.2 Å². The fraction of sp³-hybridized carbons (Fsp3) is 0.0526. The number of carboxylic acids is 1. The summed E-state index contributed by atoms with van der Waals surface area (Å²) in [5.41, 5.74) is -1.73. The van der Waals surface area contributed by atoms with E-state index >= 15 is 0 Å². The molecule has 0 aliphatic heterocycles. The van der Waals surface area contributed by atoms with Crippen LogP contribution in [0.4, 0.5) is 23.2 Å². The number of aromatic carboxylic acids is 1. The monoisotopic (exact) mass is 425 g/mol. The number of anilines is 1. The van der Waals surface area contributed by atoms with Crippen LogP contribution in [-0.4, -0.2) is 22.1 Å². The van der Waals surface area contributed by atoms with Crippen molar-refractivity contribution in [2.75, 3.05) is 5.32 Å². The van der Waals surface area contributed by atoms with Crippen molar-refractivity contribution in [1.29, 1.82) is 0 Å². The van der Waals surface area contributed by atoms with Crippen LogP contribution < -0.4 is 5.32 Å². The highest BCUT2D eigenvalue weighted by molar-refractivity contribution is 7.14. The molecule has 1 amide bonds. The minimum absolute atomic E-state index is 0.0296. The molecule has 0 unspecified atom stereocenters. The molecule has 0 aliphatic carbocycles. The molecule has 0 saturated heterocycles. The van der Waals surface area contributed by atoms with Crippen LogP contribution >= 0.6 is 11.3 Å². The fourth-order valence-electron chi connectivity index (χ4n) is 2.59. The number of phenols is 1. The Balaban J connectivity index is 2.05. The van der Waals surface area contributed by atoms with Crippen molar-refractivity contribution >= 4 is 28.9 Å². The Morgan fingerprint density at radius 3 is 2.34 bits per heavy atom. The second-order valence-corrected chi connectivity index (χ2v) is 6.83. The Labute approximate surface area is 164 Å². The summed E-state index contributed by atoms with van der Waals surface area (Å²) in [6, 6.07) is 3.32. The summed E-state index contributed by atoms with van der Waals surface area (Å²) in [5, 5.41) is 22.5. The van der Waals surface area contributed by atoms with Gasteiger partial charge < -0.3 is 15.5 Å². The zero-order valence-corrected chi connectivity index (χ0v) is 15.3. The summed E-state index contributed by atoms with van der Waals surface area (Å²) >= 11 is 0.735. The molecule has 10 heteroatoms. The van der Waals surface area contributed by atoms with Crippen LogP contribution in [0.3, 0.4) is 0 Å². The topological polar surface area (TPSA) is 86.6 Å². The van der Waals surface area contributed by atoms with Gasteiger partial charge in [-0.3, -0.25) is 4.79 Å². The molecular formula is C19H11F4NO4S. The summed E-state index contributed by atoms with van der Waals surface area (Å²) in [4.78, 5) is 23.9. The maximum atomic E-state index is 14.3. The van der Waals surface area contributed by atoms with Gasteiger partial charge in [0.15, 0.2) is 23.3 Å². The van der Waals surface area contributed by atoms with Crippen molar-refractivity contribution in [2.24, 2.45) is 0 Å². The number of amides is 1. The van der Waals surface area contributed by atoms with Gasteiger partial charge in [-0.25, -0.2) is 22.4 Å². The van der Waals surface area contributed by atoms with Gasteiger partial charge >= 0.3 is 5.97 Å². The van der Waals surface area contributed by atoms with E-state index in [2.05, 4.69) is 5.32 Å². The summed E-state index contributed by atoms with van der Waals surface area (Å²) in [6.45, 7) is 1.34. The summed E-state index contributed by atoms with van der Waals surface area (Å²) in [7, 11) is 0. The maximum absolute atomic E-state index is 14.3. The first kappa shape index (κ1) is 20.3. The minimum Gasteiger partial charge on any atom is -0.507 e. The van der Waals surface area contributed by atoms with Gasteiger partial charge in [0.2, 0.25) is 0 Å². The van der Waals surface area contributed by atoms with E-state index in [1.165, 1.54) is 24.4 Å². The van der Waals surface area contributed by atoms with Gasteiger partial charge in [-0.15, -0.1) is 11.3 Å². The number of carbonyl (C=O) groups excluding carboxylic acids is 1. The Bertz CT molecular complexity index is 1160. The summed E-state index contributed by atoms with van der Waals surface area (Å²) < 4.78 is 54.7. The first-order valence-electron chi connectivity index (χ1n) is 7.91. The van der Waals surface area contributed by atoms with E-state index < -0.39 is 52.0 Å². The molecule has 0 aliphatic rings. The molecule has 1 aromatic heterocycles. The highest BCUT2D eigenvalue weighted by Crippen LogP contribution is 2.38. The first-order chi connectivity index (χ1) is 13.6. The number of aromatic hydroxyl groups is 1. The van der Waals surface area contributed by atoms with Crippen molar-refractivity contribution < 1.29 is 37.4 Å². The molecule has 0 atom stereocenters. The minimum atomic E-state index is -1.54. The highest BCUT2D eigenvalue weighted by Gasteiger charge is 2.25. The molecule has 3 aromatic rings. The second-order valence-electron chi connectivity index (χ2n) is 5.95. The predicted molar refractivity (Wildman–Crippen MR) is 97.3 cm³/mol. The van der Waals surface area contributed by atoms with Crippen LogP contribution in [0.15, 0.2) is 29.6 Å². The van der Waals surface area contributed by atoms with Gasteiger partial charge in [0, 0.05) is 17.0 Å². The Kier molecular flexibility index (Phi) is 5.29.